The number of hydrogen-bond acceptors (Lipinski definition) is 9. The second-order valence-electron chi connectivity index (χ2n) is 15.1. The third kappa shape index (κ3) is 7.26. The van der Waals surface area contributed by atoms with Crippen LogP contribution in [0.5, 0.6) is 11.5 Å². The number of carbonyl (C=O) groups excluding carboxylic acids is 2. The van der Waals surface area contributed by atoms with Gasteiger partial charge in [0.25, 0.3) is 11.5 Å². The number of imide groups is 1. The molecular formula is C42H45F2N7O5. The molecule has 3 aliphatic heterocycles. The Kier molecular flexibility index (Phi) is 10.1. The van der Waals surface area contributed by atoms with E-state index in [1.165, 1.54) is 15.7 Å². The minimum atomic E-state index is -2.92. The molecule has 0 aliphatic carbocycles. The molecule has 8 rings (SSSR count). The van der Waals surface area contributed by atoms with Crippen LogP contribution in [-0.2, 0) is 42.7 Å². The number of fused-ring (bicyclic) bond motifs is 2. The molecule has 5 heterocycles. The first-order chi connectivity index (χ1) is 27.0. The van der Waals surface area contributed by atoms with E-state index in [-0.39, 0.29) is 30.3 Å². The summed E-state index contributed by atoms with van der Waals surface area (Å²) >= 11 is 0. The van der Waals surface area contributed by atoms with Gasteiger partial charge in [0.1, 0.15) is 23.1 Å². The van der Waals surface area contributed by atoms with Gasteiger partial charge >= 0.3 is 0 Å². The minimum Gasteiger partial charge on any atom is -0.496 e. The van der Waals surface area contributed by atoms with Crippen LogP contribution in [0.3, 0.4) is 0 Å². The monoisotopic (exact) mass is 765 g/mol. The molecule has 14 heteroatoms. The van der Waals surface area contributed by atoms with E-state index in [2.05, 4.69) is 37.9 Å². The molecule has 2 atom stereocenters. The van der Waals surface area contributed by atoms with Gasteiger partial charge in [0.15, 0.2) is 0 Å². The maximum Gasteiger partial charge on any atom is 0.276 e. The van der Waals surface area contributed by atoms with E-state index in [0.29, 0.717) is 67.3 Å². The van der Waals surface area contributed by atoms with Crippen LogP contribution in [-0.4, -0.2) is 82.2 Å². The van der Waals surface area contributed by atoms with Crippen molar-refractivity contribution >= 4 is 28.4 Å². The van der Waals surface area contributed by atoms with Crippen molar-refractivity contribution in [1.29, 1.82) is 0 Å². The number of anilines is 1. The zero-order valence-electron chi connectivity index (χ0n) is 31.7. The van der Waals surface area contributed by atoms with E-state index in [1.54, 1.807) is 57.9 Å². The number of nitrogens with zero attached hydrogens (tertiary/aromatic N) is 4. The van der Waals surface area contributed by atoms with Crippen molar-refractivity contribution in [3.63, 3.8) is 0 Å². The molecule has 3 N–H and O–H groups in total. The van der Waals surface area contributed by atoms with Crippen LogP contribution in [0.4, 0.5) is 14.5 Å². The molecule has 2 aromatic heterocycles. The molecule has 0 spiro atoms. The van der Waals surface area contributed by atoms with Gasteiger partial charge in [-0.05, 0) is 77.9 Å². The molecule has 2 unspecified atom stereocenters. The number of H-pyrrole nitrogens is 1. The Labute approximate surface area is 322 Å². The van der Waals surface area contributed by atoms with Crippen LogP contribution in [0.25, 0.3) is 22.0 Å². The molecular weight excluding hydrogens is 721 g/mol. The van der Waals surface area contributed by atoms with Gasteiger partial charge in [-0.15, -0.1) is 0 Å². The number of alkyl halides is 2. The fraction of sp³-hybridized carbons (Fsp3) is 0.381. The first-order valence-corrected chi connectivity index (χ1v) is 18.9. The van der Waals surface area contributed by atoms with Crippen LogP contribution in [0.15, 0.2) is 71.8 Å². The summed E-state index contributed by atoms with van der Waals surface area (Å²) in [6.07, 6.45) is 5.21. The number of hydrogen-bond donors (Lipinski definition) is 3. The molecule has 56 heavy (non-hydrogen) atoms. The van der Waals surface area contributed by atoms with E-state index >= 15 is 8.78 Å². The van der Waals surface area contributed by atoms with Gasteiger partial charge in [-0.2, -0.15) is 5.10 Å². The third-order valence-electron chi connectivity index (χ3n) is 11.5. The molecule has 0 saturated carbocycles. The number of carbonyl (C=O) groups is 2. The number of piperidine rings is 2. The summed E-state index contributed by atoms with van der Waals surface area (Å²) < 4.78 is 45.0. The Balaban J connectivity index is 0.929. The molecule has 0 radical (unpaired) electrons. The smallest absolute Gasteiger partial charge is 0.276 e. The fourth-order valence-electron chi connectivity index (χ4n) is 8.57. The number of likely N-dealkylation sites (tertiary alicyclic amines) is 1. The lowest BCUT2D eigenvalue weighted by Gasteiger charge is -2.39. The van der Waals surface area contributed by atoms with Gasteiger partial charge in [0.2, 0.25) is 11.8 Å². The van der Waals surface area contributed by atoms with Crippen LogP contribution in [0.1, 0.15) is 53.0 Å². The molecule has 2 saturated heterocycles. The largest absolute Gasteiger partial charge is 0.496 e. The standard InChI is InChI=1S/C42H45F2N7O5/c1-49-22-32(31-19-45-48-39(31)41(49)54)28-17-36(55-2)33(37(18-28)56-3)23-50-15-13-30-26(20-50)5-4-6-27(30)21-51-16-14-34(42(43,44)24-51)25-7-9-29(10-8-25)46-35-11-12-38(52)47-40(35)53/h4-10,17-19,22,34-35,46H,11-16,20-21,23-24H2,1-3H3,(H,45,48)(H,47,52,53). The number of halogens is 2. The van der Waals surface area contributed by atoms with E-state index < -0.39 is 17.9 Å². The van der Waals surface area contributed by atoms with Gasteiger partial charge in [0.05, 0.1) is 38.4 Å². The van der Waals surface area contributed by atoms with Crippen LogP contribution in [0, 0.1) is 0 Å². The topological polar surface area (TPSA) is 134 Å². The van der Waals surface area contributed by atoms with Crippen molar-refractivity contribution in [2.75, 3.05) is 39.2 Å². The summed E-state index contributed by atoms with van der Waals surface area (Å²) in [6.45, 7) is 2.73. The van der Waals surface area contributed by atoms with Crippen LogP contribution >= 0.6 is 0 Å². The first-order valence-electron chi connectivity index (χ1n) is 18.9. The maximum absolute atomic E-state index is 15.8. The average molecular weight is 766 g/mol. The Morgan fingerprint density at radius 2 is 1.71 bits per heavy atom. The van der Waals surface area contributed by atoms with Crippen molar-refractivity contribution in [2.24, 2.45) is 7.05 Å². The predicted molar refractivity (Wildman–Crippen MR) is 208 cm³/mol. The minimum absolute atomic E-state index is 0.157. The van der Waals surface area contributed by atoms with E-state index in [0.717, 1.165) is 40.6 Å². The number of benzene rings is 3. The van der Waals surface area contributed by atoms with Crippen molar-refractivity contribution in [2.45, 2.75) is 63.2 Å². The lowest BCUT2D eigenvalue weighted by Crippen LogP contribution is -2.47. The zero-order chi connectivity index (χ0) is 39.1. The highest BCUT2D eigenvalue weighted by molar-refractivity contribution is 6.01. The summed E-state index contributed by atoms with van der Waals surface area (Å²) in [5.74, 6) is -3.13. The molecule has 3 aromatic carbocycles. The summed E-state index contributed by atoms with van der Waals surface area (Å²) in [5, 5.41) is 13.1. The Bertz CT molecular complexity index is 2330. The lowest BCUT2D eigenvalue weighted by atomic mass is 9.85. The highest BCUT2D eigenvalue weighted by atomic mass is 19.3. The number of ether oxygens (including phenoxy) is 2. The third-order valence-corrected chi connectivity index (χ3v) is 11.5. The second-order valence-corrected chi connectivity index (χ2v) is 15.1. The van der Waals surface area contributed by atoms with Crippen molar-refractivity contribution in [3.05, 3.63) is 105 Å². The van der Waals surface area contributed by atoms with E-state index in [4.69, 9.17) is 9.47 Å². The fourth-order valence-corrected chi connectivity index (χ4v) is 8.57. The summed E-state index contributed by atoms with van der Waals surface area (Å²) in [6, 6.07) is 16.5. The summed E-state index contributed by atoms with van der Waals surface area (Å²) in [5.41, 5.74) is 7.58. The van der Waals surface area contributed by atoms with Crippen LogP contribution in [0.2, 0.25) is 0 Å². The van der Waals surface area contributed by atoms with Gasteiger partial charge in [-0.1, -0.05) is 30.3 Å². The Morgan fingerprint density at radius 1 is 0.946 bits per heavy atom. The molecule has 2 amide bonds. The zero-order valence-corrected chi connectivity index (χ0v) is 31.7. The number of aryl methyl sites for hydroxylation is 1. The Morgan fingerprint density at radius 3 is 2.43 bits per heavy atom. The van der Waals surface area contributed by atoms with E-state index in [1.807, 2.05) is 23.1 Å². The Hall–Kier alpha value is -5.60. The summed E-state index contributed by atoms with van der Waals surface area (Å²) in [7, 11) is 4.99. The van der Waals surface area contributed by atoms with Gasteiger partial charge < -0.3 is 19.4 Å². The number of amides is 2. The molecule has 0 bridgehead atoms. The van der Waals surface area contributed by atoms with Crippen molar-refractivity contribution in [1.82, 2.24) is 29.9 Å². The molecule has 3 aliphatic rings. The SMILES string of the molecule is COc1cc(-c2cn(C)c(=O)c3[nH]ncc23)cc(OC)c1CN1CCc2c(cccc2CN2CCC(c3ccc(NC4CCC(=O)NC4=O)cc3)C(F)(F)C2)C1. The number of pyridine rings is 1. The molecule has 292 valence electrons. The first kappa shape index (κ1) is 37.3. The highest BCUT2D eigenvalue weighted by Gasteiger charge is 2.45. The van der Waals surface area contributed by atoms with Crippen molar-refractivity contribution in [3.8, 4) is 22.6 Å². The second kappa shape index (κ2) is 15.1. The number of aromatic nitrogens is 3. The van der Waals surface area contributed by atoms with Gasteiger partial charge in [-0.25, -0.2) is 8.78 Å². The molecule has 12 nitrogen and oxygen atoms in total. The van der Waals surface area contributed by atoms with Crippen LogP contribution < -0.4 is 25.7 Å². The number of aromatic amines is 1. The van der Waals surface area contributed by atoms with Gasteiger partial charge in [-0.3, -0.25) is 34.6 Å². The molecule has 2 fully saturated rings. The normalized spacial score (nSPS) is 20.1. The number of rotatable bonds is 10. The predicted octanol–water partition coefficient (Wildman–Crippen LogP) is 5.35. The lowest BCUT2D eigenvalue weighted by molar-refractivity contribution is -0.133. The average Bonchev–Trinajstić information content (AvgIpc) is 3.68. The molecule has 5 aromatic rings. The highest BCUT2D eigenvalue weighted by Crippen LogP contribution is 2.42. The summed E-state index contributed by atoms with van der Waals surface area (Å²) in [4.78, 5) is 40.5. The number of nitrogens with one attached hydrogen (secondary N) is 3. The van der Waals surface area contributed by atoms with Crippen molar-refractivity contribution < 1.29 is 27.8 Å². The van der Waals surface area contributed by atoms with Gasteiger partial charge in [0, 0.05) is 62.5 Å². The quantitative estimate of drug-likeness (QED) is 0.161. The maximum atomic E-state index is 15.8. The number of methoxy groups -OCH3 is 2. The van der Waals surface area contributed by atoms with E-state index in [9.17, 15) is 14.4 Å².